The van der Waals surface area contributed by atoms with Crippen molar-refractivity contribution in [2.75, 3.05) is 26.4 Å². The van der Waals surface area contributed by atoms with Gasteiger partial charge in [0.1, 0.15) is 11.8 Å². The topological polar surface area (TPSA) is 40.2 Å². The highest BCUT2D eigenvalue weighted by atomic mass is 28.4. The van der Waals surface area contributed by atoms with Gasteiger partial charge in [-0.2, -0.15) is 0 Å². The summed E-state index contributed by atoms with van der Waals surface area (Å²) in [5, 5.41) is 0. The number of ether oxygens (including phenoxy) is 2. The van der Waals surface area contributed by atoms with E-state index in [2.05, 4.69) is 27.3 Å². The van der Waals surface area contributed by atoms with E-state index >= 15 is 0 Å². The fraction of sp³-hybridized carbons (Fsp3) is 1.00. The highest BCUT2D eigenvalue weighted by Crippen LogP contribution is 2.21. The van der Waals surface area contributed by atoms with Crippen LogP contribution in [0.3, 0.4) is 0 Å². The fourth-order valence-electron chi connectivity index (χ4n) is 1.86. The van der Waals surface area contributed by atoms with E-state index in [0.29, 0.717) is 12.7 Å². The zero-order valence-corrected chi connectivity index (χ0v) is 13.2. The van der Waals surface area contributed by atoms with Crippen LogP contribution in [0, 0.1) is 0 Å². The molecule has 2 atom stereocenters. The van der Waals surface area contributed by atoms with Crippen LogP contribution in [0.2, 0.25) is 6.55 Å². The molecule has 0 aromatic rings. The van der Waals surface area contributed by atoms with Gasteiger partial charge in [-0.3, -0.25) is 0 Å². The van der Waals surface area contributed by atoms with Crippen LogP contribution in [-0.4, -0.2) is 46.8 Å². The molecule has 0 saturated carbocycles. The molecule has 1 aliphatic heterocycles. The van der Waals surface area contributed by atoms with Crippen LogP contribution in [-0.2, 0) is 18.3 Å². The second-order valence-electron chi connectivity index (χ2n) is 4.90. The maximum absolute atomic E-state index is 6.04. The van der Waals surface area contributed by atoms with Crippen LogP contribution in [0.15, 0.2) is 0 Å². The molecule has 0 aromatic heterocycles. The van der Waals surface area contributed by atoms with Crippen molar-refractivity contribution in [1.29, 1.82) is 0 Å². The maximum Gasteiger partial charge on any atom is 0.364 e. The molecule has 5 heteroatoms. The molecular formula is C13H28O4Si. The van der Waals surface area contributed by atoms with Gasteiger partial charge in [-0.15, -0.1) is 0 Å². The van der Waals surface area contributed by atoms with Gasteiger partial charge in [-0.25, -0.2) is 0 Å². The molecule has 4 nitrogen and oxygen atoms in total. The van der Waals surface area contributed by atoms with Crippen LogP contribution in [0.25, 0.3) is 0 Å². The summed E-state index contributed by atoms with van der Waals surface area (Å²) in [6, 6.07) is 0. The number of hydrogen-bond acceptors (Lipinski definition) is 4. The first kappa shape index (κ1) is 16.1. The Labute approximate surface area is 112 Å². The van der Waals surface area contributed by atoms with Gasteiger partial charge in [-0.05, 0) is 25.8 Å². The minimum absolute atomic E-state index is 0.0970. The van der Waals surface area contributed by atoms with E-state index < -0.39 is 8.56 Å². The fourth-order valence-corrected chi connectivity index (χ4v) is 4.68. The molecule has 0 radical (unpaired) electrons. The highest BCUT2D eigenvalue weighted by Gasteiger charge is 2.42. The monoisotopic (exact) mass is 276 g/mol. The van der Waals surface area contributed by atoms with E-state index in [1.165, 1.54) is 0 Å². The normalized spacial score (nSPS) is 21.0. The molecule has 0 N–H and O–H groups in total. The van der Waals surface area contributed by atoms with Gasteiger partial charge in [0.15, 0.2) is 0 Å². The molecule has 0 spiro atoms. The molecule has 1 rings (SSSR count). The lowest BCUT2D eigenvalue weighted by Gasteiger charge is -2.33. The van der Waals surface area contributed by atoms with Crippen LogP contribution in [0.5, 0.6) is 0 Å². The van der Waals surface area contributed by atoms with Gasteiger partial charge in [0, 0.05) is 13.2 Å². The zero-order chi connectivity index (χ0) is 13.4. The predicted octanol–water partition coefficient (Wildman–Crippen LogP) is 2.64. The molecular weight excluding hydrogens is 248 g/mol. The third kappa shape index (κ3) is 5.36. The summed E-state index contributed by atoms with van der Waals surface area (Å²) in [5.41, 5.74) is 0.0970. The summed E-state index contributed by atoms with van der Waals surface area (Å²) in [7, 11) is -2.24. The summed E-state index contributed by atoms with van der Waals surface area (Å²) in [4.78, 5) is 0. The smallest absolute Gasteiger partial charge is 0.364 e. The summed E-state index contributed by atoms with van der Waals surface area (Å²) >= 11 is 0. The molecule has 1 saturated heterocycles. The minimum Gasteiger partial charge on any atom is -0.393 e. The van der Waals surface area contributed by atoms with Crippen LogP contribution in [0.4, 0.5) is 0 Å². The molecule has 0 aliphatic carbocycles. The van der Waals surface area contributed by atoms with Gasteiger partial charge in [-0.1, -0.05) is 20.8 Å². The lowest BCUT2D eigenvalue weighted by Crippen LogP contribution is -2.52. The summed E-state index contributed by atoms with van der Waals surface area (Å²) < 4.78 is 23.2. The first-order valence-electron chi connectivity index (χ1n) is 7.17. The van der Waals surface area contributed by atoms with Gasteiger partial charge in [0.05, 0.1) is 13.2 Å². The number of rotatable bonds is 11. The molecule has 0 amide bonds. The van der Waals surface area contributed by atoms with Crippen molar-refractivity contribution in [3.8, 4) is 0 Å². The van der Waals surface area contributed by atoms with Crippen molar-refractivity contribution in [2.24, 2.45) is 0 Å². The van der Waals surface area contributed by atoms with Crippen LogP contribution >= 0.6 is 0 Å². The van der Waals surface area contributed by atoms with E-state index in [0.717, 1.165) is 39.1 Å². The molecule has 0 aromatic carbocycles. The van der Waals surface area contributed by atoms with Crippen LogP contribution < -0.4 is 0 Å². The second-order valence-corrected chi connectivity index (χ2v) is 8.15. The predicted molar refractivity (Wildman–Crippen MR) is 73.9 cm³/mol. The largest absolute Gasteiger partial charge is 0.393 e. The molecule has 1 aliphatic rings. The third-order valence-electron chi connectivity index (χ3n) is 3.03. The van der Waals surface area contributed by atoms with E-state index in [9.17, 15) is 0 Å². The Bertz CT molecular complexity index is 213. The Morgan fingerprint density at radius 2 is 1.72 bits per heavy atom. The average molecular weight is 276 g/mol. The van der Waals surface area contributed by atoms with E-state index in [1.54, 1.807) is 0 Å². The molecule has 1 fully saturated rings. The highest BCUT2D eigenvalue weighted by molar-refractivity contribution is 6.67. The lowest BCUT2D eigenvalue weighted by atomic mass is 10.5. The van der Waals surface area contributed by atoms with Crippen molar-refractivity contribution in [2.45, 2.75) is 58.4 Å². The Balaban J connectivity index is 2.50. The standard InChI is InChI=1S/C13H28O4Si/c1-5-8-16-18(4,17-9-6-2)13(7-3)15-11-12-10-14-12/h12-13H,5-11H2,1-4H3. The lowest BCUT2D eigenvalue weighted by molar-refractivity contribution is 0.0362. The molecule has 0 bridgehead atoms. The minimum atomic E-state index is -2.24. The SMILES string of the molecule is CCCO[Si](C)(OCCC)C(CC)OCC1CO1. The Morgan fingerprint density at radius 1 is 1.17 bits per heavy atom. The van der Waals surface area contributed by atoms with Gasteiger partial charge < -0.3 is 18.3 Å². The van der Waals surface area contributed by atoms with E-state index in [1.807, 2.05) is 0 Å². The maximum atomic E-state index is 6.04. The van der Waals surface area contributed by atoms with Gasteiger partial charge in [0.25, 0.3) is 0 Å². The average Bonchev–Trinajstić information content (AvgIpc) is 3.19. The van der Waals surface area contributed by atoms with Gasteiger partial charge in [0.2, 0.25) is 0 Å². The van der Waals surface area contributed by atoms with Crippen LogP contribution in [0.1, 0.15) is 40.0 Å². The van der Waals surface area contributed by atoms with Crippen molar-refractivity contribution < 1.29 is 18.3 Å². The number of epoxide rings is 1. The third-order valence-corrected chi connectivity index (χ3v) is 6.33. The van der Waals surface area contributed by atoms with Crippen molar-refractivity contribution >= 4 is 8.56 Å². The van der Waals surface area contributed by atoms with Gasteiger partial charge >= 0.3 is 8.56 Å². The summed E-state index contributed by atoms with van der Waals surface area (Å²) in [6.07, 6.45) is 3.26. The van der Waals surface area contributed by atoms with E-state index in [-0.39, 0.29) is 5.73 Å². The Kier molecular flexibility index (Phi) is 7.40. The second kappa shape index (κ2) is 8.27. The summed E-state index contributed by atoms with van der Waals surface area (Å²) in [6.45, 7) is 11.5. The van der Waals surface area contributed by atoms with Crippen molar-refractivity contribution in [3.63, 3.8) is 0 Å². The quantitative estimate of drug-likeness (QED) is 0.430. The first-order valence-corrected chi connectivity index (χ1v) is 9.56. The van der Waals surface area contributed by atoms with E-state index in [4.69, 9.17) is 18.3 Å². The number of hydrogen-bond donors (Lipinski definition) is 0. The molecule has 18 heavy (non-hydrogen) atoms. The zero-order valence-electron chi connectivity index (χ0n) is 12.2. The molecule has 2 unspecified atom stereocenters. The Hall–Kier alpha value is 0.0569. The molecule has 108 valence electrons. The molecule has 1 heterocycles. The Morgan fingerprint density at radius 3 is 2.11 bits per heavy atom. The van der Waals surface area contributed by atoms with Crippen molar-refractivity contribution in [3.05, 3.63) is 0 Å². The van der Waals surface area contributed by atoms with Crippen molar-refractivity contribution in [1.82, 2.24) is 0 Å². The first-order chi connectivity index (χ1) is 8.66. The summed E-state index contributed by atoms with van der Waals surface area (Å²) in [5.74, 6) is 0.